The fourth-order valence-corrected chi connectivity index (χ4v) is 8.74. The van der Waals surface area contributed by atoms with Crippen LogP contribution in [0.1, 0.15) is 83.2 Å². The number of benzene rings is 2. The average Bonchev–Trinajstić information content (AvgIpc) is 3.51. The van der Waals surface area contributed by atoms with Crippen LogP contribution < -0.4 is 25.4 Å². The highest BCUT2D eigenvalue weighted by Gasteiger charge is 2.39. The van der Waals surface area contributed by atoms with E-state index < -0.39 is 0 Å². The molecule has 6 rings (SSSR count). The molecule has 2 heterocycles. The fourth-order valence-electron chi connectivity index (χ4n) is 8.74. The number of ether oxygens (including phenoxy) is 2. The van der Waals surface area contributed by atoms with Crippen LogP contribution in [0, 0.1) is 29.5 Å². The molecule has 48 heavy (non-hydrogen) atoms. The number of aromatic nitrogens is 2. The predicted molar refractivity (Wildman–Crippen MR) is 189 cm³/mol. The van der Waals surface area contributed by atoms with Gasteiger partial charge in [0, 0.05) is 43.5 Å². The van der Waals surface area contributed by atoms with Gasteiger partial charge < -0.3 is 30.3 Å². The van der Waals surface area contributed by atoms with Crippen LogP contribution in [0.25, 0.3) is 10.9 Å². The molecular formula is C38H53FN6O3. The van der Waals surface area contributed by atoms with Gasteiger partial charge in [0.2, 0.25) is 11.9 Å². The summed E-state index contributed by atoms with van der Waals surface area (Å²) in [6.45, 7) is 6.95. The molecule has 0 radical (unpaired) electrons. The summed E-state index contributed by atoms with van der Waals surface area (Å²) >= 11 is 0. The number of hydrogen-bond acceptors (Lipinski definition) is 8. The number of nitrogens with zero attached hydrogens (tertiary/aromatic N) is 4. The SMILES string of the molecule is CCN[C@H](CC(=O)N1CCN(c2nc(N)c3cc(OC)c(OC)cc3n2)C(C2CCCC(CC3CCC(C)C3)C2)C1)c1ccc(F)cc1. The Balaban J connectivity index is 1.27. The number of nitrogen functional groups attached to an aromatic ring is 1. The maximum atomic E-state index is 14.0. The standard InChI is InChI=1S/C38H53FN6O3/c1-5-41-31(27-11-13-29(39)14-12-27)22-36(46)44-15-16-45(38-42-32-21-35(48-4)34(47-3)20-30(32)37(40)43-38)33(23-44)28-8-6-7-25(19-28)18-26-10-9-24(2)17-26/h11-14,20-21,24-26,28,31,33,41H,5-10,15-19,22-23H2,1-4H3,(H2,40,42,43)/t24?,25?,26?,28?,31-,33?/m1/s1. The highest BCUT2D eigenvalue weighted by atomic mass is 19.1. The Hall–Kier alpha value is -3.66. The molecule has 1 aromatic heterocycles. The van der Waals surface area contributed by atoms with Gasteiger partial charge >= 0.3 is 0 Å². The van der Waals surface area contributed by atoms with Crippen molar-refractivity contribution in [2.45, 2.75) is 83.7 Å². The number of fused-ring (bicyclic) bond motifs is 1. The molecule has 3 fully saturated rings. The number of rotatable bonds is 11. The van der Waals surface area contributed by atoms with Crippen LogP contribution in [0.15, 0.2) is 36.4 Å². The number of methoxy groups -OCH3 is 2. The van der Waals surface area contributed by atoms with Crippen molar-refractivity contribution in [2.75, 3.05) is 51.0 Å². The molecule has 3 aromatic rings. The first-order valence-electron chi connectivity index (χ1n) is 18.0. The lowest BCUT2D eigenvalue weighted by molar-refractivity contribution is -0.133. The van der Waals surface area contributed by atoms with E-state index in [2.05, 4.69) is 17.1 Å². The van der Waals surface area contributed by atoms with Crippen LogP contribution in [0.4, 0.5) is 16.2 Å². The number of amides is 1. The van der Waals surface area contributed by atoms with Crippen molar-refractivity contribution in [3.8, 4) is 11.5 Å². The van der Waals surface area contributed by atoms with Crippen molar-refractivity contribution in [3.05, 3.63) is 47.8 Å². The second kappa shape index (κ2) is 15.3. The van der Waals surface area contributed by atoms with Crippen LogP contribution in [-0.2, 0) is 4.79 Å². The molecule has 6 atom stereocenters. The number of anilines is 2. The van der Waals surface area contributed by atoms with Gasteiger partial charge in [0.1, 0.15) is 11.6 Å². The Morgan fingerprint density at radius 2 is 1.77 bits per heavy atom. The Kier molecular flexibility index (Phi) is 10.9. The first-order valence-corrected chi connectivity index (χ1v) is 18.0. The summed E-state index contributed by atoms with van der Waals surface area (Å²) < 4.78 is 24.8. The normalized spacial score (nSPS) is 25.3. The van der Waals surface area contributed by atoms with Crippen LogP contribution in [0.5, 0.6) is 11.5 Å². The summed E-state index contributed by atoms with van der Waals surface area (Å²) in [5, 5.41) is 4.17. The number of nitrogens with two attached hydrogens (primary N) is 1. The van der Waals surface area contributed by atoms with Crippen molar-refractivity contribution in [2.24, 2.45) is 23.7 Å². The van der Waals surface area contributed by atoms with E-state index in [0.29, 0.717) is 73.2 Å². The number of halogens is 1. The summed E-state index contributed by atoms with van der Waals surface area (Å²) in [6, 6.07) is 10.1. The van der Waals surface area contributed by atoms with E-state index in [1.54, 1.807) is 26.4 Å². The lowest BCUT2D eigenvalue weighted by atomic mass is 9.73. The summed E-state index contributed by atoms with van der Waals surface area (Å²) in [7, 11) is 3.22. The second-order valence-electron chi connectivity index (χ2n) is 14.4. The van der Waals surface area contributed by atoms with E-state index in [0.717, 1.165) is 35.6 Å². The number of carbonyl (C=O) groups is 1. The predicted octanol–water partition coefficient (Wildman–Crippen LogP) is 6.76. The third kappa shape index (κ3) is 7.64. The van der Waals surface area contributed by atoms with Crippen LogP contribution in [0.2, 0.25) is 0 Å². The molecule has 3 aliphatic rings. The van der Waals surface area contributed by atoms with E-state index in [4.69, 9.17) is 25.2 Å². The molecule has 2 aromatic carbocycles. The van der Waals surface area contributed by atoms with Crippen LogP contribution in [-0.4, -0.2) is 67.2 Å². The molecule has 3 N–H and O–H groups in total. The first kappa shape index (κ1) is 34.2. The number of hydrogen-bond donors (Lipinski definition) is 2. The van der Waals surface area contributed by atoms with Gasteiger partial charge in [-0.2, -0.15) is 4.98 Å². The van der Waals surface area contributed by atoms with Crippen molar-refractivity contribution >= 4 is 28.6 Å². The summed E-state index contributed by atoms with van der Waals surface area (Å²) in [5.74, 6) is 4.83. The van der Waals surface area contributed by atoms with E-state index >= 15 is 0 Å². The molecule has 260 valence electrons. The second-order valence-corrected chi connectivity index (χ2v) is 14.4. The quantitative estimate of drug-likeness (QED) is 0.233. The van der Waals surface area contributed by atoms with Gasteiger partial charge in [0.15, 0.2) is 11.5 Å². The number of carbonyl (C=O) groups excluding carboxylic acids is 1. The lowest BCUT2D eigenvalue weighted by Crippen LogP contribution is -2.58. The Labute approximate surface area is 284 Å². The van der Waals surface area contributed by atoms with Crippen molar-refractivity contribution in [3.63, 3.8) is 0 Å². The molecule has 1 amide bonds. The first-order chi connectivity index (χ1) is 23.3. The Bertz CT molecular complexity index is 1550. The van der Waals surface area contributed by atoms with E-state index in [-0.39, 0.29) is 23.8 Å². The van der Waals surface area contributed by atoms with Gasteiger partial charge in [-0.15, -0.1) is 0 Å². The van der Waals surface area contributed by atoms with Gasteiger partial charge in [0.05, 0.1) is 25.8 Å². The van der Waals surface area contributed by atoms with Gasteiger partial charge in [0.25, 0.3) is 0 Å². The summed E-state index contributed by atoms with van der Waals surface area (Å²) in [5.41, 5.74) is 8.21. The van der Waals surface area contributed by atoms with Crippen molar-refractivity contribution in [1.82, 2.24) is 20.2 Å². The van der Waals surface area contributed by atoms with Gasteiger partial charge in [-0.25, -0.2) is 9.37 Å². The monoisotopic (exact) mass is 660 g/mol. The minimum atomic E-state index is -0.276. The molecular weight excluding hydrogens is 607 g/mol. The third-order valence-corrected chi connectivity index (χ3v) is 11.2. The molecule has 0 spiro atoms. The maximum absolute atomic E-state index is 14.0. The maximum Gasteiger partial charge on any atom is 0.228 e. The lowest BCUT2D eigenvalue weighted by Gasteiger charge is -2.47. The highest BCUT2D eigenvalue weighted by Crippen LogP contribution is 2.43. The molecule has 9 nitrogen and oxygen atoms in total. The van der Waals surface area contributed by atoms with E-state index in [1.807, 2.05) is 24.0 Å². The zero-order valence-electron chi connectivity index (χ0n) is 29.1. The zero-order valence-corrected chi connectivity index (χ0v) is 29.1. The molecule has 10 heteroatoms. The van der Waals surface area contributed by atoms with Gasteiger partial charge in [-0.05, 0) is 79.7 Å². The average molecular weight is 661 g/mol. The minimum Gasteiger partial charge on any atom is -0.493 e. The zero-order chi connectivity index (χ0) is 33.8. The third-order valence-electron chi connectivity index (χ3n) is 11.2. The topological polar surface area (TPSA) is 106 Å². The molecule has 5 unspecified atom stereocenters. The van der Waals surface area contributed by atoms with Crippen molar-refractivity contribution in [1.29, 1.82) is 0 Å². The van der Waals surface area contributed by atoms with Crippen LogP contribution in [0.3, 0.4) is 0 Å². The summed E-state index contributed by atoms with van der Waals surface area (Å²) in [4.78, 5) is 28.3. The molecule has 0 bridgehead atoms. The Morgan fingerprint density at radius 3 is 2.48 bits per heavy atom. The largest absolute Gasteiger partial charge is 0.493 e. The number of nitrogens with one attached hydrogen (secondary N) is 1. The highest BCUT2D eigenvalue weighted by molar-refractivity contribution is 5.91. The number of piperazine rings is 1. The minimum absolute atomic E-state index is 0.0772. The van der Waals surface area contributed by atoms with E-state index in [1.165, 1.54) is 50.7 Å². The fraction of sp³-hybridized carbons (Fsp3) is 0.605. The van der Waals surface area contributed by atoms with E-state index in [9.17, 15) is 9.18 Å². The van der Waals surface area contributed by atoms with Crippen LogP contribution >= 0.6 is 0 Å². The molecule has 1 aliphatic heterocycles. The smallest absolute Gasteiger partial charge is 0.228 e. The van der Waals surface area contributed by atoms with Gasteiger partial charge in [-0.3, -0.25) is 4.79 Å². The summed E-state index contributed by atoms with van der Waals surface area (Å²) in [6.07, 6.45) is 10.5. The molecule has 1 saturated heterocycles. The van der Waals surface area contributed by atoms with Crippen molar-refractivity contribution < 1.29 is 18.7 Å². The molecule has 2 aliphatic carbocycles. The molecule has 2 saturated carbocycles. The Morgan fingerprint density at radius 1 is 1.02 bits per heavy atom. The van der Waals surface area contributed by atoms with Gasteiger partial charge in [-0.1, -0.05) is 51.7 Å².